The van der Waals surface area contributed by atoms with E-state index in [2.05, 4.69) is 23.9 Å². The van der Waals surface area contributed by atoms with E-state index in [0.29, 0.717) is 18.3 Å². The number of nitrogens with zero attached hydrogens (tertiary/aromatic N) is 2. The van der Waals surface area contributed by atoms with Crippen molar-refractivity contribution in [1.29, 1.82) is 0 Å². The van der Waals surface area contributed by atoms with Crippen LogP contribution in [0.15, 0.2) is 24.3 Å². The molecule has 0 spiro atoms. The van der Waals surface area contributed by atoms with Gasteiger partial charge in [-0.15, -0.1) is 0 Å². The van der Waals surface area contributed by atoms with E-state index in [9.17, 15) is 5.11 Å². The number of aliphatic hydroxyl groups excluding tert-OH is 1. The summed E-state index contributed by atoms with van der Waals surface area (Å²) in [6.07, 6.45) is 2.02. The molecule has 4 nitrogen and oxygen atoms in total. The summed E-state index contributed by atoms with van der Waals surface area (Å²) in [6, 6.07) is 8.16. The number of nitrogens with two attached hydrogens (primary N) is 1. The van der Waals surface area contributed by atoms with Gasteiger partial charge in [-0.25, -0.2) is 0 Å². The number of hydrogen-bond acceptors (Lipinski definition) is 4. The van der Waals surface area contributed by atoms with Crippen LogP contribution in [-0.4, -0.2) is 54.7 Å². The van der Waals surface area contributed by atoms with E-state index in [4.69, 9.17) is 5.73 Å². The molecule has 1 aromatic rings. The molecule has 4 heteroatoms. The average Bonchev–Trinajstić information content (AvgIpc) is 2.75. The van der Waals surface area contributed by atoms with Crippen LogP contribution >= 0.6 is 0 Å². The summed E-state index contributed by atoms with van der Waals surface area (Å²) < 4.78 is 0. The molecular weight excluding hydrogens is 238 g/mol. The van der Waals surface area contributed by atoms with Gasteiger partial charge in [0.15, 0.2) is 0 Å². The molecule has 106 valence electrons. The monoisotopic (exact) mass is 263 g/mol. The van der Waals surface area contributed by atoms with E-state index in [0.717, 1.165) is 12.1 Å². The molecule has 1 fully saturated rings. The van der Waals surface area contributed by atoms with Crippen molar-refractivity contribution in [3.05, 3.63) is 29.8 Å². The van der Waals surface area contributed by atoms with Crippen molar-refractivity contribution in [1.82, 2.24) is 9.80 Å². The molecule has 1 aliphatic heterocycles. The van der Waals surface area contributed by atoms with E-state index in [1.165, 1.54) is 19.4 Å². The summed E-state index contributed by atoms with van der Waals surface area (Å²) in [5.41, 5.74) is 7.39. The highest BCUT2D eigenvalue weighted by Gasteiger charge is 2.23. The van der Waals surface area contributed by atoms with Gasteiger partial charge >= 0.3 is 0 Å². The number of rotatable bonds is 5. The molecule has 2 atom stereocenters. The molecule has 1 aliphatic rings. The molecule has 0 bridgehead atoms. The first-order valence-electron chi connectivity index (χ1n) is 6.99. The first kappa shape index (κ1) is 14.3. The third-order valence-electron chi connectivity index (χ3n) is 4.03. The lowest BCUT2D eigenvalue weighted by Crippen LogP contribution is -2.38. The summed E-state index contributed by atoms with van der Waals surface area (Å²) in [7, 11) is 4.24. The van der Waals surface area contributed by atoms with Crippen molar-refractivity contribution in [2.45, 2.75) is 25.0 Å². The molecule has 0 amide bonds. The van der Waals surface area contributed by atoms with Gasteiger partial charge in [-0.3, -0.25) is 0 Å². The zero-order valence-electron chi connectivity index (χ0n) is 11.9. The van der Waals surface area contributed by atoms with Gasteiger partial charge in [-0.2, -0.15) is 0 Å². The molecule has 2 unspecified atom stereocenters. The van der Waals surface area contributed by atoms with Gasteiger partial charge in [-0.1, -0.05) is 18.2 Å². The molecular formula is C15H25N3O. The Balaban J connectivity index is 1.88. The fraction of sp³-hybridized carbons (Fsp3) is 0.600. The molecule has 1 heterocycles. The number of anilines is 1. The van der Waals surface area contributed by atoms with Crippen LogP contribution in [0, 0.1) is 0 Å². The Morgan fingerprint density at radius 1 is 1.47 bits per heavy atom. The zero-order chi connectivity index (χ0) is 13.8. The largest absolute Gasteiger partial charge is 0.398 e. The zero-order valence-corrected chi connectivity index (χ0v) is 11.9. The van der Waals surface area contributed by atoms with Crippen molar-refractivity contribution in [2.75, 3.05) is 39.5 Å². The number of para-hydroxylation sites is 1. The first-order chi connectivity index (χ1) is 9.08. The third kappa shape index (κ3) is 3.69. The van der Waals surface area contributed by atoms with E-state index >= 15 is 0 Å². The van der Waals surface area contributed by atoms with Crippen LogP contribution in [-0.2, 0) is 0 Å². The number of aliphatic hydroxyl groups is 1. The third-order valence-corrected chi connectivity index (χ3v) is 4.03. The van der Waals surface area contributed by atoms with Gasteiger partial charge in [0, 0.05) is 30.4 Å². The van der Waals surface area contributed by atoms with Crippen LogP contribution in [0.25, 0.3) is 0 Å². The second-order valence-electron chi connectivity index (χ2n) is 5.64. The molecule has 19 heavy (non-hydrogen) atoms. The lowest BCUT2D eigenvalue weighted by molar-refractivity contribution is 0.113. The van der Waals surface area contributed by atoms with Crippen molar-refractivity contribution < 1.29 is 5.11 Å². The van der Waals surface area contributed by atoms with Gasteiger partial charge in [0.05, 0.1) is 6.10 Å². The van der Waals surface area contributed by atoms with Crippen LogP contribution in [0.4, 0.5) is 5.69 Å². The summed E-state index contributed by atoms with van der Waals surface area (Å²) in [5.74, 6) is 0. The standard InChI is InChI=1S/C15H25N3O/c1-17(10-12-6-5-9-18(12)2)11-15(19)13-7-3-4-8-14(13)16/h3-4,7-8,12,15,19H,5-6,9-11,16H2,1-2H3. The second-order valence-corrected chi connectivity index (χ2v) is 5.64. The molecule has 0 aromatic heterocycles. The maximum Gasteiger partial charge on any atom is 0.0936 e. The fourth-order valence-electron chi connectivity index (χ4n) is 2.85. The maximum atomic E-state index is 10.3. The molecule has 0 saturated carbocycles. The van der Waals surface area contributed by atoms with E-state index in [-0.39, 0.29) is 0 Å². The predicted octanol–water partition coefficient (Wildman–Crippen LogP) is 1.33. The average molecular weight is 263 g/mol. The molecule has 1 aromatic carbocycles. The summed E-state index contributed by atoms with van der Waals surface area (Å²) in [4.78, 5) is 4.60. The second kappa shape index (κ2) is 6.37. The topological polar surface area (TPSA) is 52.7 Å². The van der Waals surface area contributed by atoms with Crippen LogP contribution < -0.4 is 5.73 Å². The molecule has 1 saturated heterocycles. The number of likely N-dealkylation sites (N-methyl/N-ethyl adjacent to an activating group) is 2. The van der Waals surface area contributed by atoms with Gasteiger partial charge in [0.2, 0.25) is 0 Å². The van der Waals surface area contributed by atoms with Crippen LogP contribution in [0.1, 0.15) is 24.5 Å². The Kier molecular flexibility index (Phi) is 4.80. The lowest BCUT2D eigenvalue weighted by Gasteiger charge is -2.27. The fourth-order valence-corrected chi connectivity index (χ4v) is 2.85. The minimum Gasteiger partial charge on any atom is -0.398 e. The van der Waals surface area contributed by atoms with Gasteiger partial charge in [0.25, 0.3) is 0 Å². The van der Waals surface area contributed by atoms with Gasteiger partial charge in [0.1, 0.15) is 0 Å². The van der Waals surface area contributed by atoms with Crippen molar-refractivity contribution in [3.63, 3.8) is 0 Å². The smallest absolute Gasteiger partial charge is 0.0936 e. The van der Waals surface area contributed by atoms with Crippen molar-refractivity contribution in [3.8, 4) is 0 Å². The predicted molar refractivity (Wildman–Crippen MR) is 79.0 cm³/mol. The van der Waals surface area contributed by atoms with E-state index in [1.807, 2.05) is 24.3 Å². The first-order valence-corrected chi connectivity index (χ1v) is 6.99. The van der Waals surface area contributed by atoms with Crippen LogP contribution in [0.2, 0.25) is 0 Å². The normalized spacial score (nSPS) is 22.0. The number of benzene rings is 1. The van der Waals surface area contributed by atoms with Crippen LogP contribution in [0.3, 0.4) is 0 Å². The quantitative estimate of drug-likeness (QED) is 0.787. The van der Waals surface area contributed by atoms with E-state index in [1.54, 1.807) is 0 Å². The number of nitrogen functional groups attached to an aromatic ring is 1. The lowest BCUT2D eigenvalue weighted by atomic mass is 10.1. The Labute approximate surface area is 115 Å². The number of likely N-dealkylation sites (tertiary alicyclic amines) is 1. The Hall–Kier alpha value is -1.10. The highest BCUT2D eigenvalue weighted by molar-refractivity contribution is 5.47. The SMILES string of the molecule is CN(CC(O)c1ccccc1N)CC1CCCN1C. The Morgan fingerprint density at radius 2 is 2.21 bits per heavy atom. The molecule has 0 aliphatic carbocycles. The Morgan fingerprint density at radius 3 is 2.84 bits per heavy atom. The summed E-state index contributed by atoms with van der Waals surface area (Å²) in [5, 5.41) is 10.3. The van der Waals surface area contributed by atoms with Crippen molar-refractivity contribution in [2.24, 2.45) is 0 Å². The van der Waals surface area contributed by atoms with Crippen LogP contribution in [0.5, 0.6) is 0 Å². The van der Waals surface area contributed by atoms with Gasteiger partial charge in [-0.05, 0) is 39.5 Å². The minimum atomic E-state index is -0.516. The maximum absolute atomic E-state index is 10.3. The molecule has 0 radical (unpaired) electrons. The minimum absolute atomic E-state index is 0.516. The van der Waals surface area contributed by atoms with Crippen molar-refractivity contribution >= 4 is 5.69 Å². The summed E-state index contributed by atoms with van der Waals surface area (Å²) >= 11 is 0. The molecule has 2 rings (SSSR count). The molecule has 3 N–H and O–H groups in total. The van der Waals surface area contributed by atoms with Gasteiger partial charge < -0.3 is 20.6 Å². The summed E-state index contributed by atoms with van der Waals surface area (Å²) in [6.45, 7) is 2.81. The highest BCUT2D eigenvalue weighted by Crippen LogP contribution is 2.21. The Bertz CT molecular complexity index is 410. The highest BCUT2D eigenvalue weighted by atomic mass is 16.3. The number of hydrogen-bond donors (Lipinski definition) is 2. The van der Waals surface area contributed by atoms with E-state index < -0.39 is 6.10 Å².